The zero-order valence-corrected chi connectivity index (χ0v) is 10.3. The van der Waals surface area contributed by atoms with Gasteiger partial charge in [-0.3, -0.25) is 4.79 Å². The van der Waals surface area contributed by atoms with Gasteiger partial charge in [0.1, 0.15) is 5.82 Å². The van der Waals surface area contributed by atoms with Crippen LogP contribution in [0.25, 0.3) is 0 Å². The van der Waals surface area contributed by atoms with Crippen LogP contribution in [0.4, 0.5) is 24.5 Å². The molecule has 2 rings (SSSR count). The van der Waals surface area contributed by atoms with Gasteiger partial charge in [-0.25, -0.2) is 13.2 Å². The molecule has 0 radical (unpaired) electrons. The first-order valence-corrected chi connectivity index (χ1v) is 5.74. The molecule has 3 nitrogen and oxygen atoms in total. The van der Waals surface area contributed by atoms with Crippen LogP contribution in [0.3, 0.4) is 0 Å². The van der Waals surface area contributed by atoms with E-state index in [9.17, 15) is 18.0 Å². The molecule has 3 N–H and O–H groups in total. The van der Waals surface area contributed by atoms with Crippen LogP contribution in [0.1, 0.15) is 5.56 Å². The Morgan fingerprint density at radius 3 is 2.40 bits per heavy atom. The SMILES string of the molecule is Nc1ccc(NC(=O)Cc2ccc(F)c(F)c2)cc1F. The Kier molecular flexibility index (Phi) is 3.93. The highest BCUT2D eigenvalue weighted by molar-refractivity contribution is 5.92. The highest BCUT2D eigenvalue weighted by atomic mass is 19.2. The van der Waals surface area contributed by atoms with Crippen molar-refractivity contribution in [3.8, 4) is 0 Å². The molecule has 0 saturated carbocycles. The number of amides is 1. The molecule has 0 fully saturated rings. The zero-order chi connectivity index (χ0) is 14.7. The molecule has 0 aromatic heterocycles. The highest BCUT2D eigenvalue weighted by Gasteiger charge is 2.08. The van der Waals surface area contributed by atoms with E-state index in [4.69, 9.17) is 5.73 Å². The maximum atomic E-state index is 13.2. The van der Waals surface area contributed by atoms with Gasteiger partial charge in [0.05, 0.1) is 12.1 Å². The van der Waals surface area contributed by atoms with Gasteiger partial charge in [-0.05, 0) is 35.9 Å². The van der Waals surface area contributed by atoms with E-state index in [1.807, 2.05) is 0 Å². The minimum atomic E-state index is -1.02. The van der Waals surface area contributed by atoms with Gasteiger partial charge < -0.3 is 11.1 Å². The molecule has 0 heterocycles. The molecule has 0 unspecified atom stereocenters. The van der Waals surface area contributed by atoms with Gasteiger partial charge in [-0.15, -0.1) is 0 Å². The van der Waals surface area contributed by atoms with Crippen molar-refractivity contribution in [2.45, 2.75) is 6.42 Å². The van der Waals surface area contributed by atoms with E-state index in [1.165, 1.54) is 18.2 Å². The predicted octanol–water partition coefficient (Wildman–Crippen LogP) is 2.87. The normalized spacial score (nSPS) is 10.3. The molecule has 1 amide bonds. The van der Waals surface area contributed by atoms with Crippen molar-refractivity contribution in [1.82, 2.24) is 0 Å². The lowest BCUT2D eigenvalue weighted by Crippen LogP contribution is -2.14. The van der Waals surface area contributed by atoms with Crippen LogP contribution in [-0.4, -0.2) is 5.91 Å². The van der Waals surface area contributed by atoms with Crippen LogP contribution < -0.4 is 11.1 Å². The maximum Gasteiger partial charge on any atom is 0.228 e. The Morgan fingerprint density at radius 2 is 1.75 bits per heavy atom. The summed E-state index contributed by atoms with van der Waals surface area (Å²) < 4.78 is 38.9. The second-order valence-electron chi connectivity index (χ2n) is 4.21. The Balaban J connectivity index is 2.04. The summed E-state index contributed by atoms with van der Waals surface area (Å²) in [4.78, 5) is 11.7. The third-order valence-corrected chi connectivity index (χ3v) is 2.63. The first-order chi connectivity index (χ1) is 9.45. The molecule has 0 aliphatic rings. The first kappa shape index (κ1) is 13.9. The molecular weight excluding hydrogens is 269 g/mol. The Morgan fingerprint density at radius 1 is 1.00 bits per heavy atom. The number of benzene rings is 2. The summed E-state index contributed by atoms with van der Waals surface area (Å²) in [6.07, 6.45) is -0.150. The fourth-order valence-corrected chi connectivity index (χ4v) is 1.65. The van der Waals surface area contributed by atoms with E-state index in [2.05, 4.69) is 5.32 Å². The second-order valence-corrected chi connectivity index (χ2v) is 4.21. The zero-order valence-electron chi connectivity index (χ0n) is 10.3. The number of hydrogen-bond donors (Lipinski definition) is 2. The van der Waals surface area contributed by atoms with Crippen LogP contribution in [0.2, 0.25) is 0 Å². The number of nitrogen functional groups attached to an aromatic ring is 1. The van der Waals surface area contributed by atoms with Gasteiger partial charge in [0.2, 0.25) is 5.91 Å². The van der Waals surface area contributed by atoms with Crippen molar-refractivity contribution in [1.29, 1.82) is 0 Å². The molecule has 0 atom stereocenters. The predicted molar refractivity (Wildman–Crippen MR) is 69.5 cm³/mol. The topological polar surface area (TPSA) is 55.1 Å². The summed E-state index contributed by atoms with van der Waals surface area (Å²) in [7, 11) is 0. The van der Waals surface area contributed by atoms with Crippen LogP contribution in [0.15, 0.2) is 36.4 Å². The van der Waals surface area contributed by atoms with E-state index in [0.29, 0.717) is 5.56 Å². The Bertz CT molecular complexity index is 603. The molecule has 0 aliphatic heterocycles. The number of rotatable bonds is 3. The van der Waals surface area contributed by atoms with Gasteiger partial charge in [-0.2, -0.15) is 0 Å². The minimum Gasteiger partial charge on any atom is -0.396 e. The minimum absolute atomic E-state index is 0.0244. The summed E-state index contributed by atoms with van der Waals surface area (Å²) in [6, 6.07) is 7.05. The summed E-state index contributed by atoms with van der Waals surface area (Å²) >= 11 is 0. The fourth-order valence-electron chi connectivity index (χ4n) is 1.65. The molecule has 0 aliphatic carbocycles. The van der Waals surface area contributed by atoms with Crippen LogP contribution in [-0.2, 0) is 11.2 Å². The van der Waals surface area contributed by atoms with Crippen molar-refractivity contribution in [2.24, 2.45) is 0 Å². The molecule has 0 saturated heterocycles. The summed E-state index contributed by atoms with van der Waals surface area (Å²) in [5, 5.41) is 2.44. The van der Waals surface area contributed by atoms with E-state index >= 15 is 0 Å². The molecule has 2 aromatic rings. The third kappa shape index (κ3) is 3.28. The van der Waals surface area contributed by atoms with Gasteiger partial charge in [0.15, 0.2) is 11.6 Å². The van der Waals surface area contributed by atoms with Gasteiger partial charge in [0.25, 0.3) is 0 Å². The Labute approximate surface area is 113 Å². The standard InChI is InChI=1S/C14H11F3N2O/c15-10-3-1-8(5-11(10)16)6-14(20)19-9-2-4-13(18)12(17)7-9/h1-5,7H,6,18H2,(H,19,20). The lowest BCUT2D eigenvalue weighted by Gasteiger charge is -2.06. The number of hydrogen-bond acceptors (Lipinski definition) is 2. The lowest BCUT2D eigenvalue weighted by atomic mass is 10.1. The van der Waals surface area contributed by atoms with Crippen molar-refractivity contribution in [3.63, 3.8) is 0 Å². The van der Waals surface area contributed by atoms with E-state index in [1.54, 1.807) is 0 Å². The third-order valence-electron chi connectivity index (χ3n) is 2.63. The first-order valence-electron chi connectivity index (χ1n) is 5.74. The van der Waals surface area contributed by atoms with Gasteiger partial charge >= 0.3 is 0 Å². The largest absolute Gasteiger partial charge is 0.396 e. The van der Waals surface area contributed by atoms with E-state index < -0.39 is 23.4 Å². The number of nitrogens with one attached hydrogen (secondary N) is 1. The number of carbonyl (C=O) groups is 1. The number of anilines is 2. The van der Waals surface area contributed by atoms with E-state index in [-0.39, 0.29) is 17.8 Å². The van der Waals surface area contributed by atoms with Crippen LogP contribution in [0.5, 0.6) is 0 Å². The molecule has 104 valence electrons. The van der Waals surface area contributed by atoms with E-state index in [0.717, 1.165) is 18.2 Å². The summed E-state index contributed by atoms with van der Waals surface area (Å²) in [5.41, 5.74) is 5.84. The summed E-state index contributed by atoms with van der Waals surface area (Å²) in [6.45, 7) is 0. The monoisotopic (exact) mass is 280 g/mol. The molecule has 20 heavy (non-hydrogen) atoms. The average Bonchev–Trinajstić information content (AvgIpc) is 2.38. The summed E-state index contributed by atoms with van der Waals surface area (Å²) in [5.74, 6) is -3.11. The Hall–Kier alpha value is -2.50. The van der Waals surface area contributed by atoms with Crippen molar-refractivity contribution >= 4 is 17.3 Å². The van der Waals surface area contributed by atoms with Crippen LogP contribution >= 0.6 is 0 Å². The lowest BCUT2D eigenvalue weighted by molar-refractivity contribution is -0.115. The molecular formula is C14H11F3N2O. The highest BCUT2D eigenvalue weighted by Crippen LogP contribution is 2.16. The number of halogens is 3. The molecule has 6 heteroatoms. The molecule has 2 aromatic carbocycles. The molecule has 0 bridgehead atoms. The van der Waals surface area contributed by atoms with Gasteiger partial charge in [-0.1, -0.05) is 6.07 Å². The number of nitrogens with two attached hydrogens (primary N) is 1. The average molecular weight is 280 g/mol. The van der Waals surface area contributed by atoms with Crippen LogP contribution in [0, 0.1) is 17.5 Å². The second kappa shape index (κ2) is 5.64. The molecule has 0 spiro atoms. The smallest absolute Gasteiger partial charge is 0.228 e. The maximum absolute atomic E-state index is 13.2. The fraction of sp³-hybridized carbons (Fsp3) is 0.0714. The number of carbonyl (C=O) groups excluding carboxylic acids is 1. The van der Waals surface area contributed by atoms with Crippen molar-refractivity contribution in [2.75, 3.05) is 11.1 Å². The van der Waals surface area contributed by atoms with Gasteiger partial charge in [0, 0.05) is 5.69 Å². The quantitative estimate of drug-likeness (QED) is 0.849. The van der Waals surface area contributed by atoms with Crippen molar-refractivity contribution in [3.05, 3.63) is 59.4 Å². The van der Waals surface area contributed by atoms with Crippen molar-refractivity contribution < 1.29 is 18.0 Å².